The van der Waals surface area contributed by atoms with E-state index in [1.807, 2.05) is 16.7 Å². The maximum atomic E-state index is 12.5. The molecule has 2 aliphatic heterocycles. The standard InChI is InChI=1S/C13H20N2O2S/c16-12-8-11-9-18-7-6-14(11)13(17)15(12)10-4-2-1-3-5-10/h10-11H,1-9H2. The molecule has 100 valence electrons. The normalized spacial score (nSPS) is 30.6. The Morgan fingerprint density at radius 2 is 1.83 bits per heavy atom. The number of hydrogen-bond acceptors (Lipinski definition) is 3. The number of carbonyl (C=O) groups excluding carboxylic acids is 2. The number of amides is 3. The maximum Gasteiger partial charge on any atom is 0.327 e. The van der Waals surface area contributed by atoms with Crippen molar-refractivity contribution in [1.29, 1.82) is 0 Å². The monoisotopic (exact) mass is 268 g/mol. The number of hydrogen-bond donors (Lipinski definition) is 0. The highest BCUT2D eigenvalue weighted by molar-refractivity contribution is 7.99. The van der Waals surface area contributed by atoms with Gasteiger partial charge in [0.25, 0.3) is 0 Å². The first-order chi connectivity index (χ1) is 8.77. The Morgan fingerprint density at radius 3 is 2.61 bits per heavy atom. The van der Waals surface area contributed by atoms with Crippen molar-refractivity contribution >= 4 is 23.7 Å². The van der Waals surface area contributed by atoms with Gasteiger partial charge in [-0.15, -0.1) is 0 Å². The smallest absolute Gasteiger partial charge is 0.319 e. The Balaban J connectivity index is 1.77. The van der Waals surface area contributed by atoms with Gasteiger partial charge in [0, 0.05) is 30.5 Å². The van der Waals surface area contributed by atoms with Crippen LogP contribution < -0.4 is 0 Å². The molecule has 2 heterocycles. The Labute approximate surface area is 112 Å². The lowest BCUT2D eigenvalue weighted by atomic mass is 9.93. The summed E-state index contributed by atoms with van der Waals surface area (Å²) < 4.78 is 0. The predicted molar refractivity (Wildman–Crippen MR) is 71.6 cm³/mol. The van der Waals surface area contributed by atoms with Gasteiger partial charge in [-0.1, -0.05) is 19.3 Å². The van der Waals surface area contributed by atoms with E-state index in [1.54, 1.807) is 4.90 Å². The van der Waals surface area contributed by atoms with E-state index in [0.29, 0.717) is 6.42 Å². The molecule has 1 atom stereocenters. The lowest BCUT2D eigenvalue weighted by molar-refractivity contribution is -0.135. The number of imide groups is 1. The van der Waals surface area contributed by atoms with E-state index in [0.717, 1.165) is 43.7 Å². The average molecular weight is 268 g/mol. The van der Waals surface area contributed by atoms with E-state index >= 15 is 0 Å². The molecule has 5 heteroatoms. The van der Waals surface area contributed by atoms with Crippen LogP contribution in [0.2, 0.25) is 0 Å². The summed E-state index contributed by atoms with van der Waals surface area (Å²) in [5.41, 5.74) is 0. The predicted octanol–water partition coefficient (Wildman–Crippen LogP) is 2.09. The zero-order valence-electron chi connectivity index (χ0n) is 10.6. The minimum atomic E-state index is -0.0107. The van der Waals surface area contributed by atoms with Crippen LogP contribution in [-0.4, -0.2) is 51.9 Å². The molecule has 1 saturated carbocycles. The van der Waals surface area contributed by atoms with E-state index in [9.17, 15) is 9.59 Å². The molecule has 0 aromatic heterocycles. The lowest BCUT2D eigenvalue weighted by Gasteiger charge is -2.45. The number of thioether (sulfide) groups is 1. The van der Waals surface area contributed by atoms with Crippen LogP contribution in [0.4, 0.5) is 4.79 Å². The molecule has 0 bridgehead atoms. The van der Waals surface area contributed by atoms with Gasteiger partial charge >= 0.3 is 6.03 Å². The van der Waals surface area contributed by atoms with Crippen molar-refractivity contribution in [1.82, 2.24) is 9.80 Å². The minimum absolute atomic E-state index is 0.0107. The molecule has 0 aromatic rings. The Hall–Kier alpha value is -0.710. The summed E-state index contributed by atoms with van der Waals surface area (Å²) in [4.78, 5) is 28.2. The summed E-state index contributed by atoms with van der Waals surface area (Å²) in [5.74, 6) is 2.00. The third-order valence-electron chi connectivity index (χ3n) is 4.30. The molecule has 0 spiro atoms. The second-order valence-electron chi connectivity index (χ2n) is 5.46. The molecule has 3 rings (SSSR count). The average Bonchev–Trinajstić information content (AvgIpc) is 2.40. The first-order valence-electron chi connectivity index (χ1n) is 6.98. The molecule has 2 saturated heterocycles. The van der Waals surface area contributed by atoms with E-state index in [1.165, 1.54) is 6.42 Å². The van der Waals surface area contributed by atoms with Crippen LogP contribution in [0.3, 0.4) is 0 Å². The topological polar surface area (TPSA) is 40.6 Å². The highest BCUT2D eigenvalue weighted by Crippen LogP contribution is 2.30. The van der Waals surface area contributed by atoms with Crippen LogP contribution >= 0.6 is 11.8 Å². The summed E-state index contributed by atoms with van der Waals surface area (Å²) in [5, 5.41) is 0. The quantitative estimate of drug-likeness (QED) is 0.731. The van der Waals surface area contributed by atoms with Gasteiger partial charge in [-0.2, -0.15) is 11.8 Å². The molecular formula is C13H20N2O2S. The van der Waals surface area contributed by atoms with Crippen molar-refractivity contribution in [2.75, 3.05) is 18.1 Å². The van der Waals surface area contributed by atoms with Gasteiger partial charge < -0.3 is 4.90 Å². The SMILES string of the molecule is O=C1CC2CSCCN2C(=O)N1C1CCCCC1. The fourth-order valence-corrected chi connectivity index (χ4v) is 4.38. The van der Waals surface area contributed by atoms with Crippen LogP contribution in [-0.2, 0) is 4.79 Å². The zero-order chi connectivity index (χ0) is 12.5. The van der Waals surface area contributed by atoms with Gasteiger partial charge in [0.15, 0.2) is 0 Å². The van der Waals surface area contributed by atoms with E-state index in [4.69, 9.17) is 0 Å². The van der Waals surface area contributed by atoms with Crippen LogP contribution in [0.5, 0.6) is 0 Å². The molecule has 3 fully saturated rings. The molecule has 1 unspecified atom stereocenters. The summed E-state index contributed by atoms with van der Waals surface area (Å²) >= 11 is 1.86. The molecule has 0 aromatic carbocycles. The summed E-state index contributed by atoms with van der Waals surface area (Å²) in [7, 11) is 0. The second kappa shape index (κ2) is 5.11. The third-order valence-corrected chi connectivity index (χ3v) is 5.39. The minimum Gasteiger partial charge on any atom is -0.319 e. The molecule has 1 aliphatic carbocycles. The van der Waals surface area contributed by atoms with E-state index in [-0.39, 0.29) is 24.0 Å². The Kier molecular flexibility index (Phi) is 3.50. The molecule has 3 aliphatic rings. The van der Waals surface area contributed by atoms with Gasteiger partial charge in [0.2, 0.25) is 5.91 Å². The molecule has 0 N–H and O–H groups in total. The van der Waals surface area contributed by atoms with Crippen molar-refractivity contribution in [3.05, 3.63) is 0 Å². The molecule has 0 radical (unpaired) electrons. The molecule has 4 nitrogen and oxygen atoms in total. The second-order valence-corrected chi connectivity index (χ2v) is 6.61. The van der Waals surface area contributed by atoms with Crippen molar-refractivity contribution in [3.63, 3.8) is 0 Å². The Bertz CT molecular complexity index is 355. The van der Waals surface area contributed by atoms with Crippen molar-refractivity contribution in [2.45, 2.75) is 50.6 Å². The van der Waals surface area contributed by atoms with Gasteiger partial charge in [-0.05, 0) is 12.8 Å². The summed E-state index contributed by atoms with van der Waals surface area (Å²) in [6.07, 6.45) is 6.10. The van der Waals surface area contributed by atoms with Crippen LogP contribution in [0.25, 0.3) is 0 Å². The van der Waals surface area contributed by atoms with Crippen LogP contribution in [0.1, 0.15) is 38.5 Å². The van der Waals surface area contributed by atoms with Gasteiger partial charge in [0.05, 0.1) is 6.04 Å². The maximum absolute atomic E-state index is 12.5. The largest absolute Gasteiger partial charge is 0.327 e. The van der Waals surface area contributed by atoms with Gasteiger partial charge in [-0.3, -0.25) is 9.69 Å². The van der Waals surface area contributed by atoms with Gasteiger partial charge in [0.1, 0.15) is 0 Å². The van der Waals surface area contributed by atoms with E-state index < -0.39 is 0 Å². The van der Waals surface area contributed by atoms with Crippen LogP contribution in [0.15, 0.2) is 0 Å². The van der Waals surface area contributed by atoms with Crippen molar-refractivity contribution in [2.24, 2.45) is 0 Å². The number of nitrogens with zero attached hydrogens (tertiary/aromatic N) is 2. The van der Waals surface area contributed by atoms with Crippen molar-refractivity contribution in [3.8, 4) is 0 Å². The van der Waals surface area contributed by atoms with E-state index in [2.05, 4.69) is 0 Å². The number of carbonyl (C=O) groups is 2. The molecular weight excluding hydrogens is 248 g/mol. The first-order valence-corrected chi connectivity index (χ1v) is 8.13. The van der Waals surface area contributed by atoms with Crippen LogP contribution in [0, 0.1) is 0 Å². The fraction of sp³-hybridized carbons (Fsp3) is 0.846. The highest BCUT2D eigenvalue weighted by atomic mass is 32.2. The van der Waals surface area contributed by atoms with Gasteiger partial charge in [-0.25, -0.2) is 4.79 Å². The molecule has 18 heavy (non-hydrogen) atoms. The number of urea groups is 1. The first kappa shape index (κ1) is 12.3. The fourth-order valence-electron chi connectivity index (χ4n) is 3.32. The third kappa shape index (κ3) is 2.13. The summed E-state index contributed by atoms with van der Waals surface area (Å²) in [6, 6.07) is 0.321. The Morgan fingerprint density at radius 1 is 1.06 bits per heavy atom. The molecule has 3 amide bonds. The number of rotatable bonds is 1. The zero-order valence-corrected chi connectivity index (χ0v) is 11.5. The lowest BCUT2D eigenvalue weighted by Crippen LogP contribution is -2.62. The van der Waals surface area contributed by atoms with Crippen molar-refractivity contribution < 1.29 is 9.59 Å². The highest BCUT2D eigenvalue weighted by Gasteiger charge is 2.42. The number of fused-ring (bicyclic) bond motifs is 1. The summed E-state index contributed by atoms with van der Waals surface area (Å²) in [6.45, 7) is 0.810.